The molecule has 1 saturated heterocycles. The van der Waals surface area contributed by atoms with Crippen LogP contribution in [-0.4, -0.2) is 64.6 Å². The second kappa shape index (κ2) is 10.1. The number of rotatable bonds is 8. The minimum absolute atomic E-state index is 0.0611. The number of furan rings is 1. The van der Waals surface area contributed by atoms with Crippen LogP contribution in [0.15, 0.2) is 47.8 Å². The summed E-state index contributed by atoms with van der Waals surface area (Å²) in [6.07, 6.45) is 11.5. The molecule has 1 saturated carbocycles. The third-order valence-corrected chi connectivity index (χ3v) is 9.32. The molecule has 1 aromatic heterocycles. The third kappa shape index (κ3) is 4.15. The van der Waals surface area contributed by atoms with Gasteiger partial charge in [0.2, 0.25) is 5.91 Å². The summed E-state index contributed by atoms with van der Waals surface area (Å²) in [6.45, 7) is 11.8. The Morgan fingerprint density at radius 3 is 2.88 bits per heavy atom. The molecule has 2 aromatic rings. The van der Waals surface area contributed by atoms with E-state index in [9.17, 15) is 14.7 Å². The van der Waals surface area contributed by atoms with E-state index in [2.05, 4.69) is 25.3 Å². The number of hydrogen-bond acceptors (Lipinski definition) is 7. The molecule has 2 aliphatic carbocycles. The minimum atomic E-state index is -0.463. The maximum atomic E-state index is 13.8. The summed E-state index contributed by atoms with van der Waals surface area (Å²) in [5, 5.41) is 11.2. The molecule has 0 radical (unpaired) electrons. The molecule has 2 bridgehead atoms. The first-order valence-electron chi connectivity index (χ1n) is 14.3. The second-order valence-corrected chi connectivity index (χ2v) is 12.1. The van der Waals surface area contributed by atoms with Crippen molar-refractivity contribution in [2.24, 2.45) is 11.8 Å². The van der Waals surface area contributed by atoms with E-state index >= 15 is 0 Å². The lowest BCUT2D eigenvalue weighted by molar-refractivity contribution is -0.138. The third-order valence-electron chi connectivity index (χ3n) is 9.32. The Balaban J connectivity index is 1.46. The van der Waals surface area contributed by atoms with Crippen LogP contribution in [-0.2, 0) is 21.4 Å². The molecule has 1 N–H and O–H groups in total. The Morgan fingerprint density at radius 2 is 2.17 bits per heavy atom. The van der Waals surface area contributed by atoms with Gasteiger partial charge in [0.05, 0.1) is 18.6 Å². The van der Waals surface area contributed by atoms with E-state index in [1.165, 1.54) is 13.0 Å². The monoisotopic (exact) mass is 546 g/mol. The van der Waals surface area contributed by atoms with Crippen LogP contribution in [0.1, 0.15) is 56.7 Å². The average Bonchev–Trinajstić information content (AvgIpc) is 3.54. The highest BCUT2D eigenvalue weighted by Gasteiger charge is 2.67. The van der Waals surface area contributed by atoms with Crippen LogP contribution in [0.5, 0.6) is 17.2 Å². The number of amides is 1. The number of aromatic hydroxyl groups is 1. The van der Waals surface area contributed by atoms with Crippen molar-refractivity contribution in [3.8, 4) is 17.2 Å². The number of phenols is 1. The number of ether oxygens (including phenoxy) is 2. The molecule has 212 valence electrons. The first kappa shape index (κ1) is 26.7. The van der Waals surface area contributed by atoms with E-state index in [0.717, 1.165) is 49.0 Å². The number of carbonyl (C=O) groups excluding carboxylic acids is 2. The number of phenolic OH excluding ortho intramolecular Hbond substituents is 1. The highest BCUT2D eigenvalue weighted by molar-refractivity contribution is 5.92. The quantitative estimate of drug-likeness (QED) is 0.222. The van der Waals surface area contributed by atoms with Gasteiger partial charge < -0.3 is 23.9 Å². The molecule has 5 atom stereocenters. The van der Waals surface area contributed by atoms with Crippen LogP contribution in [0, 0.1) is 11.8 Å². The van der Waals surface area contributed by atoms with Gasteiger partial charge in [-0.15, -0.1) is 6.58 Å². The number of benzene rings is 1. The molecular weight excluding hydrogens is 508 g/mol. The van der Waals surface area contributed by atoms with E-state index in [1.807, 2.05) is 17.0 Å². The van der Waals surface area contributed by atoms with Crippen molar-refractivity contribution in [3.63, 3.8) is 0 Å². The Bertz CT molecular complexity index is 1350. The summed E-state index contributed by atoms with van der Waals surface area (Å²) in [5.74, 6) is 0.993. The molecule has 8 heteroatoms. The van der Waals surface area contributed by atoms with Crippen LogP contribution in [0.3, 0.4) is 0 Å². The molecule has 4 aliphatic rings. The van der Waals surface area contributed by atoms with Crippen LogP contribution < -0.4 is 9.47 Å². The molecule has 6 rings (SSSR count). The summed E-state index contributed by atoms with van der Waals surface area (Å²) < 4.78 is 17.6. The maximum Gasteiger partial charge on any atom is 0.308 e. The summed E-state index contributed by atoms with van der Waals surface area (Å²) in [4.78, 5) is 30.3. The van der Waals surface area contributed by atoms with Gasteiger partial charge >= 0.3 is 5.97 Å². The summed E-state index contributed by atoms with van der Waals surface area (Å²) in [7, 11) is 0. The van der Waals surface area contributed by atoms with Gasteiger partial charge in [-0.25, -0.2) is 0 Å². The van der Waals surface area contributed by atoms with Crippen molar-refractivity contribution in [1.82, 2.24) is 9.80 Å². The number of nitrogens with zero attached hydrogens (tertiary/aromatic N) is 2. The van der Waals surface area contributed by atoms with Gasteiger partial charge in [0.1, 0.15) is 11.9 Å². The fourth-order valence-corrected chi connectivity index (χ4v) is 8.01. The van der Waals surface area contributed by atoms with Crippen LogP contribution in [0.4, 0.5) is 0 Å². The molecule has 3 heterocycles. The highest BCUT2D eigenvalue weighted by Crippen LogP contribution is 2.65. The standard InChI is InChI=1S/C32H38N2O6/c1-5-12-33-13-11-32-23-7-8-24(34(17-19(2)3)28(37)9-6-21-10-14-38-18-21)31(32)40-30-27(39-20(4)35)16-26(36)22(29(30)32)15-25(23)33/h5-6,9-10,14,16,18-19,23-25,31,36H,1,7-8,11-13,15,17H2,2-4H3/b9-6+/t23-,24+,25+,31-,32-/m0/s1. The van der Waals surface area contributed by atoms with Crippen molar-refractivity contribution in [2.45, 2.75) is 70.1 Å². The van der Waals surface area contributed by atoms with E-state index < -0.39 is 5.97 Å². The molecule has 1 aromatic carbocycles. The summed E-state index contributed by atoms with van der Waals surface area (Å²) in [5.41, 5.74) is 2.32. The number of esters is 1. The highest BCUT2D eigenvalue weighted by atomic mass is 16.6. The van der Waals surface area contributed by atoms with Gasteiger partial charge in [-0.3, -0.25) is 14.5 Å². The number of likely N-dealkylation sites (tertiary alicyclic amines) is 1. The first-order chi connectivity index (χ1) is 19.2. The van der Waals surface area contributed by atoms with Crippen LogP contribution in [0.2, 0.25) is 0 Å². The smallest absolute Gasteiger partial charge is 0.308 e. The second-order valence-electron chi connectivity index (χ2n) is 12.1. The van der Waals surface area contributed by atoms with Crippen molar-refractivity contribution < 1.29 is 28.6 Å². The fraction of sp³-hybridized carbons (Fsp3) is 0.500. The molecule has 40 heavy (non-hydrogen) atoms. The maximum absolute atomic E-state index is 13.8. The lowest BCUT2D eigenvalue weighted by Gasteiger charge is -2.60. The number of piperidine rings is 1. The van der Waals surface area contributed by atoms with E-state index in [-0.39, 0.29) is 46.9 Å². The number of hydrogen-bond donors (Lipinski definition) is 1. The van der Waals surface area contributed by atoms with Crippen molar-refractivity contribution >= 4 is 18.0 Å². The molecule has 0 unspecified atom stereocenters. The molecule has 1 amide bonds. The van der Waals surface area contributed by atoms with E-state index in [1.54, 1.807) is 24.7 Å². The SMILES string of the molecule is C=CCN1CC[C@]23c4c5c(O)cc(OC(C)=O)c4O[C@H]2[C@H](N(CC(C)C)C(=O)/C=C/c2ccoc2)CC[C@H]3[C@H]1C5. The van der Waals surface area contributed by atoms with Crippen molar-refractivity contribution in [2.75, 3.05) is 19.6 Å². The number of carbonyl (C=O) groups is 2. The lowest BCUT2D eigenvalue weighted by Crippen LogP contribution is -2.69. The van der Waals surface area contributed by atoms with Gasteiger partial charge in [-0.1, -0.05) is 19.9 Å². The summed E-state index contributed by atoms with van der Waals surface area (Å²) in [6, 6.07) is 3.41. The fourth-order valence-electron chi connectivity index (χ4n) is 8.01. The first-order valence-corrected chi connectivity index (χ1v) is 14.3. The Kier molecular flexibility index (Phi) is 6.77. The van der Waals surface area contributed by atoms with Crippen molar-refractivity contribution in [1.29, 1.82) is 0 Å². The minimum Gasteiger partial charge on any atom is -0.508 e. The zero-order valence-electron chi connectivity index (χ0n) is 23.5. The van der Waals surface area contributed by atoms with Gasteiger partial charge in [0.25, 0.3) is 0 Å². The molecule has 1 spiro atoms. The molecule has 2 fully saturated rings. The van der Waals surface area contributed by atoms with Gasteiger partial charge in [-0.2, -0.15) is 0 Å². The predicted octanol–water partition coefficient (Wildman–Crippen LogP) is 4.70. The Hall–Kier alpha value is -3.52. The van der Waals surface area contributed by atoms with Crippen LogP contribution in [0.25, 0.3) is 6.08 Å². The van der Waals surface area contributed by atoms with Crippen molar-refractivity contribution in [3.05, 3.63) is 60.1 Å². The van der Waals surface area contributed by atoms with Gasteiger partial charge in [-0.05, 0) is 56.2 Å². The zero-order chi connectivity index (χ0) is 28.2. The average molecular weight is 547 g/mol. The molecule has 8 nitrogen and oxygen atoms in total. The summed E-state index contributed by atoms with van der Waals surface area (Å²) >= 11 is 0. The van der Waals surface area contributed by atoms with Crippen LogP contribution >= 0.6 is 0 Å². The van der Waals surface area contributed by atoms with E-state index in [4.69, 9.17) is 13.9 Å². The largest absolute Gasteiger partial charge is 0.508 e. The Morgan fingerprint density at radius 1 is 1.35 bits per heavy atom. The molecular formula is C32H38N2O6. The Labute approximate surface area is 235 Å². The van der Waals surface area contributed by atoms with E-state index in [0.29, 0.717) is 24.6 Å². The lowest BCUT2D eigenvalue weighted by atomic mass is 9.50. The molecule has 2 aliphatic heterocycles. The predicted molar refractivity (Wildman–Crippen MR) is 150 cm³/mol. The van der Waals surface area contributed by atoms with Gasteiger partial charge in [0, 0.05) is 60.3 Å². The normalized spacial score (nSPS) is 28.3. The van der Waals surface area contributed by atoms with Gasteiger partial charge in [0.15, 0.2) is 11.5 Å². The topological polar surface area (TPSA) is 92.5 Å². The zero-order valence-corrected chi connectivity index (χ0v) is 23.5.